The van der Waals surface area contributed by atoms with E-state index >= 15 is 0 Å². The van der Waals surface area contributed by atoms with Crippen LogP contribution in [-0.2, 0) is 16.1 Å². The Balaban J connectivity index is 1.83. The van der Waals surface area contributed by atoms with Gasteiger partial charge in [0, 0.05) is 38.6 Å². The molecule has 1 aromatic rings. The van der Waals surface area contributed by atoms with Crippen LogP contribution >= 0.6 is 0 Å². The number of aromatic nitrogens is 1. The summed E-state index contributed by atoms with van der Waals surface area (Å²) in [7, 11) is 0. The number of hydrogen-bond donors (Lipinski definition) is 2. The smallest absolute Gasteiger partial charge is 0.311 e. The van der Waals surface area contributed by atoms with Crippen LogP contribution in [0.5, 0.6) is 0 Å². The molecule has 6 nitrogen and oxygen atoms in total. The molecule has 1 saturated heterocycles. The zero-order valence-corrected chi connectivity index (χ0v) is 10.8. The third kappa shape index (κ3) is 4.03. The predicted octanol–water partition coefficient (Wildman–Crippen LogP) is -0.480. The molecule has 0 spiro atoms. The van der Waals surface area contributed by atoms with E-state index in [1.807, 2.05) is 0 Å². The van der Waals surface area contributed by atoms with Gasteiger partial charge in [-0.05, 0) is 30.7 Å². The zero-order chi connectivity index (χ0) is 13.5. The van der Waals surface area contributed by atoms with Crippen molar-refractivity contribution in [2.24, 2.45) is 0 Å². The molecule has 2 N–H and O–H groups in total. The summed E-state index contributed by atoms with van der Waals surface area (Å²) in [5.41, 5.74) is 0.925. The van der Waals surface area contributed by atoms with Gasteiger partial charge < -0.3 is 15.5 Å². The van der Waals surface area contributed by atoms with E-state index in [0.29, 0.717) is 19.6 Å². The van der Waals surface area contributed by atoms with Crippen LogP contribution in [0.3, 0.4) is 0 Å². The third-order valence-electron chi connectivity index (χ3n) is 3.02. The number of amides is 2. The Morgan fingerprint density at radius 2 is 2.05 bits per heavy atom. The Bertz CT molecular complexity index is 428. The van der Waals surface area contributed by atoms with Crippen LogP contribution in [-0.4, -0.2) is 47.9 Å². The number of nitrogens with zero attached hydrogens (tertiary/aromatic N) is 2. The third-order valence-corrected chi connectivity index (χ3v) is 3.02. The molecule has 6 heteroatoms. The van der Waals surface area contributed by atoms with Crippen molar-refractivity contribution in [2.75, 3.05) is 26.2 Å². The SMILES string of the molecule is O=C(NCc1ccncc1)C(=O)N1CCCNCC1. The molecule has 0 aromatic carbocycles. The lowest BCUT2D eigenvalue weighted by atomic mass is 10.2. The van der Waals surface area contributed by atoms with E-state index in [1.54, 1.807) is 29.4 Å². The molecule has 2 rings (SSSR count). The molecule has 2 amide bonds. The van der Waals surface area contributed by atoms with Gasteiger partial charge in [-0.3, -0.25) is 14.6 Å². The van der Waals surface area contributed by atoms with Crippen molar-refractivity contribution in [1.82, 2.24) is 20.5 Å². The molecule has 0 unspecified atom stereocenters. The van der Waals surface area contributed by atoms with Crippen molar-refractivity contribution >= 4 is 11.8 Å². The molecule has 0 saturated carbocycles. The van der Waals surface area contributed by atoms with Gasteiger partial charge in [0.05, 0.1) is 0 Å². The molecule has 19 heavy (non-hydrogen) atoms. The minimum atomic E-state index is -0.543. The first kappa shape index (κ1) is 13.5. The Labute approximate surface area is 112 Å². The average Bonchev–Trinajstić information content (AvgIpc) is 2.74. The van der Waals surface area contributed by atoms with Crippen LogP contribution in [0.1, 0.15) is 12.0 Å². The molecule has 0 atom stereocenters. The Morgan fingerprint density at radius 1 is 1.26 bits per heavy atom. The van der Waals surface area contributed by atoms with E-state index < -0.39 is 11.8 Å². The van der Waals surface area contributed by atoms with Crippen molar-refractivity contribution in [2.45, 2.75) is 13.0 Å². The lowest BCUT2D eigenvalue weighted by molar-refractivity contribution is -0.145. The van der Waals surface area contributed by atoms with Crippen molar-refractivity contribution in [3.63, 3.8) is 0 Å². The van der Waals surface area contributed by atoms with E-state index in [0.717, 1.165) is 25.1 Å². The summed E-state index contributed by atoms with van der Waals surface area (Å²) in [5.74, 6) is -0.989. The molecule has 1 fully saturated rings. The Kier molecular flexibility index (Phi) is 4.85. The van der Waals surface area contributed by atoms with Gasteiger partial charge in [-0.25, -0.2) is 0 Å². The maximum Gasteiger partial charge on any atom is 0.311 e. The van der Waals surface area contributed by atoms with Gasteiger partial charge in [-0.2, -0.15) is 0 Å². The average molecular weight is 262 g/mol. The second kappa shape index (κ2) is 6.84. The topological polar surface area (TPSA) is 74.3 Å². The number of carbonyl (C=O) groups excluding carboxylic acids is 2. The fraction of sp³-hybridized carbons (Fsp3) is 0.462. The fourth-order valence-corrected chi connectivity index (χ4v) is 1.95. The predicted molar refractivity (Wildman–Crippen MR) is 70.2 cm³/mol. The highest BCUT2D eigenvalue weighted by molar-refractivity contribution is 6.34. The highest BCUT2D eigenvalue weighted by Crippen LogP contribution is 1.98. The second-order valence-corrected chi connectivity index (χ2v) is 4.43. The molecule has 1 aliphatic heterocycles. The summed E-state index contributed by atoms with van der Waals surface area (Å²) in [6.07, 6.45) is 4.19. The van der Waals surface area contributed by atoms with Crippen LogP contribution < -0.4 is 10.6 Å². The lowest BCUT2D eigenvalue weighted by Crippen LogP contribution is -2.44. The van der Waals surface area contributed by atoms with Crippen LogP contribution in [0, 0.1) is 0 Å². The van der Waals surface area contributed by atoms with Crippen LogP contribution in [0.4, 0.5) is 0 Å². The van der Waals surface area contributed by atoms with Gasteiger partial charge in [-0.1, -0.05) is 0 Å². The quantitative estimate of drug-likeness (QED) is 0.706. The number of carbonyl (C=O) groups is 2. The monoisotopic (exact) mass is 262 g/mol. The summed E-state index contributed by atoms with van der Waals surface area (Å²) in [5, 5.41) is 5.83. The van der Waals surface area contributed by atoms with Gasteiger partial charge >= 0.3 is 11.8 Å². The van der Waals surface area contributed by atoms with Crippen molar-refractivity contribution in [3.05, 3.63) is 30.1 Å². The summed E-state index contributed by atoms with van der Waals surface area (Å²) < 4.78 is 0. The maximum absolute atomic E-state index is 11.9. The van der Waals surface area contributed by atoms with Crippen LogP contribution in [0.2, 0.25) is 0 Å². The van der Waals surface area contributed by atoms with E-state index in [2.05, 4.69) is 15.6 Å². The lowest BCUT2D eigenvalue weighted by Gasteiger charge is -2.19. The van der Waals surface area contributed by atoms with Crippen molar-refractivity contribution in [3.8, 4) is 0 Å². The summed E-state index contributed by atoms with van der Waals surface area (Å²) >= 11 is 0. The zero-order valence-electron chi connectivity index (χ0n) is 10.8. The first-order valence-corrected chi connectivity index (χ1v) is 6.44. The molecule has 1 aliphatic rings. The largest absolute Gasteiger partial charge is 0.344 e. The van der Waals surface area contributed by atoms with Gasteiger partial charge in [0.1, 0.15) is 0 Å². The van der Waals surface area contributed by atoms with Gasteiger partial charge in [0.25, 0.3) is 0 Å². The second-order valence-electron chi connectivity index (χ2n) is 4.43. The standard InChI is InChI=1S/C13H18N4O2/c18-12(16-10-11-2-5-15-6-3-11)13(19)17-8-1-4-14-7-9-17/h2-3,5-6,14H,1,4,7-10H2,(H,16,18). The highest BCUT2D eigenvalue weighted by Gasteiger charge is 2.21. The maximum atomic E-state index is 11.9. The molecular formula is C13H18N4O2. The van der Waals surface area contributed by atoms with E-state index in [-0.39, 0.29) is 0 Å². The molecule has 0 radical (unpaired) electrons. The summed E-state index contributed by atoms with van der Waals surface area (Å²) in [6.45, 7) is 3.20. The Hall–Kier alpha value is -1.95. The molecule has 0 bridgehead atoms. The van der Waals surface area contributed by atoms with Crippen molar-refractivity contribution < 1.29 is 9.59 Å². The molecule has 2 heterocycles. The van der Waals surface area contributed by atoms with Crippen LogP contribution in [0.25, 0.3) is 0 Å². The normalized spacial score (nSPS) is 15.7. The number of rotatable bonds is 2. The minimum Gasteiger partial charge on any atom is -0.344 e. The van der Waals surface area contributed by atoms with Gasteiger partial charge in [0.2, 0.25) is 0 Å². The van der Waals surface area contributed by atoms with E-state index in [9.17, 15) is 9.59 Å². The summed E-state index contributed by atoms with van der Waals surface area (Å²) in [4.78, 5) is 29.2. The first-order valence-electron chi connectivity index (χ1n) is 6.44. The van der Waals surface area contributed by atoms with Crippen LogP contribution in [0.15, 0.2) is 24.5 Å². The number of nitrogens with one attached hydrogen (secondary N) is 2. The Morgan fingerprint density at radius 3 is 2.84 bits per heavy atom. The molecular weight excluding hydrogens is 244 g/mol. The first-order chi connectivity index (χ1) is 9.27. The molecule has 102 valence electrons. The molecule has 0 aliphatic carbocycles. The number of hydrogen-bond acceptors (Lipinski definition) is 4. The van der Waals surface area contributed by atoms with E-state index in [1.165, 1.54) is 0 Å². The number of pyridine rings is 1. The van der Waals surface area contributed by atoms with Crippen molar-refractivity contribution in [1.29, 1.82) is 0 Å². The fourth-order valence-electron chi connectivity index (χ4n) is 1.95. The highest BCUT2D eigenvalue weighted by atomic mass is 16.2. The minimum absolute atomic E-state index is 0.346. The molecule has 1 aromatic heterocycles. The van der Waals surface area contributed by atoms with Gasteiger partial charge in [0.15, 0.2) is 0 Å². The summed E-state index contributed by atoms with van der Waals surface area (Å²) in [6, 6.07) is 3.61. The van der Waals surface area contributed by atoms with E-state index in [4.69, 9.17) is 0 Å². The van der Waals surface area contributed by atoms with Gasteiger partial charge in [-0.15, -0.1) is 0 Å².